The third-order valence-corrected chi connectivity index (χ3v) is 5.17. The van der Waals surface area contributed by atoms with Crippen LogP contribution in [-0.2, 0) is 11.3 Å². The molecule has 0 fully saturated rings. The number of carbonyl (C=O) groups excluding carboxylic acids is 2. The maximum absolute atomic E-state index is 12.9. The van der Waals surface area contributed by atoms with E-state index in [2.05, 4.69) is 0 Å². The van der Waals surface area contributed by atoms with Crippen molar-refractivity contribution in [1.29, 1.82) is 0 Å². The Morgan fingerprint density at radius 1 is 1.13 bits per heavy atom. The molecule has 7 nitrogen and oxygen atoms in total. The minimum atomic E-state index is -0.242. The smallest absolute Gasteiger partial charge is 0.265 e. The molecule has 4 rings (SSSR count). The van der Waals surface area contributed by atoms with E-state index in [0.29, 0.717) is 34.7 Å². The molecule has 1 aliphatic heterocycles. The van der Waals surface area contributed by atoms with Crippen molar-refractivity contribution in [1.82, 2.24) is 4.57 Å². The number of rotatable bonds is 6. The summed E-state index contributed by atoms with van der Waals surface area (Å²) in [6, 6.07) is 12.1. The lowest BCUT2D eigenvalue weighted by molar-refractivity contribution is -0.121. The van der Waals surface area contributed by atoms with Gasteiger partial charge in [-0.1, -0.05) is 0 Å². The number of nitrogens with zero attached hydrogens (tertiary/aromatic N) is 2. The minimum Gasteiger partial charge on any atom is -0.491 e. The monoisotopic (exact) mass is 420 g/mol. The van der Waals surface area contributed by atoms with Crippen molar-refractivity contribution in [2.75, 3.05) is 18.1 Å². The van der Waals surface area contributed by atoms with Gasteiger partial charge in [-0.15, -0.1) is 0 Å². The number of hydrogen-bond acceptors (Lipinski definition) is 5. The summed E-state index contributed by atoms with van der Waals surface area (Å²) in [5, 5.41) is 1.28. The molecule has 0 aliphatic carbocycles. The number of ketones is 1. The minimum absolute atomic E-state index is 0.00939. The average Bonchev–Trinajstić information content (AvgIpc) is 2.74. The molecule has 0 bridgehead atoms. The molecule has 1 amide bonds. The Balaban J connectivity index is 1.61. The number of ether oxygens (including phenoxy) is 2. The quantitative estimate of drug-likeness (QED) is 0.571. The van der Waals surface area contributed by atoms with Crippen molar-refractivity contribution in [3.8, 4) is 11.5 Å². The first-order chi connectivity index (χ1) is 14.9. The zero-order valence-corrected chi connectivity index (χ0v) is 17.8. The normalized spacial score (nSPS) is 13.3. The first-order valence-electron chi connectivity index (χ1n) is 10.3. The van der Waals surface area contributed by atoms with Gasteiger partial charge in [-0.2, -0.15) is 0 Å². The number of amides is 1. The first-order valence-corrected chi connectivity index (χ1v) is 10.3. The highest BCUT2D eigenvalue weighted by atomic mass is 16.5. The summed E-state index contributed by atoms with van der Waals surface area (Å²) in [6.45, 7) is 6.13. The maximum atomic E-state index is 12.9. The van der Waals surface area contributed by atoms with Crippen LogP contribution in [-0.4, -0.2) is 35.5 Å². The molecule has 0 atom stereocenters. The fourth-order valence-corrected chi connectivity index (χ4v) is 3.70. The van der Waals surface area contributed by atoms with Crippen molar-refractivity contribution in [2.24, 2.45) is 0 Å². The molecule has 2 aromatic carbocycles. The van der Waals surface area contributed by atoms with Gasteiger partial charge < -0.3 is 18.9 Å². The molecule has 2 heterocycles. The number of benzene rings is 2. The molecule has 0 unspecified atom stereocenters. The van der Waals surface area contributed by atoms with Crippen LogP contribution in [0.4, 0.5) is 5.69 Å². The zero-order chi connectivity index (χ0) is 22.1. The molecule has 0 radical (unpaired) electrons. The first kappa shape index (κ1) is 20.7. The molecule has 0 saturated carbocycles. The van der Waals surface area contributed by atoms with Gasteiger partial charge in [-0.3, -0.25) is 14.4 Å². The Morgan fingerprint density at radius 3 is 2.68 bits per heavy atom. The van der Waals surface area contributed by atoms with E-state index >= 15 is 0 Å². The average molecular weight is 420 g/mol. The third-order valence-electron chi connectivity index (χ3n) is 5.17. The Morgan fingerprint density at radius 2 is 1.94 bits per heavy atom. The van der Waals surface area contributed by atoms with E-state index in [1.54, 1.807) is 47.5 Å². The summed E-state index contributed by atoms with van der Waals surface area (Å²) in [5.41, 5.74) is 0.755. The standard InChI is InChI=1S/C24H24N2O5/c1-4-26-20-12-17(5-8-22(20)30-14-23(26)28)21(27)13-25-10-9-16-11-18(31-15(2)3)6-7-19(16)24(25)29/h5-12,15H,4,13-14H2,1-3H3. The summed E-state index contributed by atoms with van der Waals surface area (Å²) < 4.78 is 12.5. The number of Topliss-reactive ketones (excluding diaryl/α,β-unsaturated/α-hetero) is 1. The molecule has 1 aromatic heterocycles. The Labute approximate surface area is 179 Å². The zero-order valence-electron chi connectivity index (χ0n) is 17.8. The fourth-order valence-electron chi connectivity index (χ4n) is 3.70. The van der Waals surface area contributed by atoms with Crippen LogP contribution >= 0.6 is 0 Å². The lowest BCUT2D eigenvalue weighted by Gasteiger charge is -2.28. The van der Waals surface area contributed by atoms with Crippen molar-refractivity contribution in [3.05, 3.63) is 64.6 Å². The van der Waals surface area contributed by atoms with Crippen LogP contribution in [0, 0.1) is 0 Å². The third kappa shape index (κ3) is 4.03. The number of aromatic nitrogens is 1. The van der Waals surface area contributed by atoms with E-state index in [-0.39, 0.29) is 36.5 Å². The molecule has 0 spiro atoms. The van der Waals surface area contributed by atoms with Crippen LogP contribution in [0.2, 0.25) is 0 Å². The Kier molecular flexibility index (Phi) is 5.50. The second-order valence-corrected chi connectivity index (χ2v) is 7.70. The van der Waals surface area contributed by atoms with E-state index in [9.17, 15) is 14.4 Å². The number of fused-ring (bicyclic) bond motifs is 2. The largest absolute Gasteiger partial charge is 0.491 e. The highest BCUT2D eigenvalue weighted by Crippen LogP contribution is 2.33. The molecular formula is C24H24N2O5. The molecule has 160 valence electrons. The SMILES string of the molecule is CCN1C(=O)COc2ccc(C(=O)Cn3ccc4cc(OC(C)C)ccc4c3=O)cc21. The van der Waals surface area contributed by atoms with E-state index in [0.717, 1.165) is 5.39 Å². The van der Waals surface area contributed by atoms with Crippen LogP contribution < -0.4 is 19.9 Å². The van der Waals surface area contributed by atoms with Gasteiger partial charge in [0.2, 0.25) is 0 Å². The van der Waals surface area contributed by atoms with Gasteiger partial charge in [0.25, 0.3) is 11.5 Å². The van der Waals surface area contributed by atoms with Crippen molar-refractivity contribution in [3.63, 3.8) is 0 Å². The van der Waals surface area contributed by atoms with E-state index in [1.165, 1.54) is 4.57 Å². The molecular weight excluding hydrogens is 396 g/mol. The molecule has 0 N–H and O–H groups in total. The molecule has 31 heavy (non-hydrogen) atoms. The maximum Gasteiger partial charge on any atom is 0.265 e. The topological polar surface area (TPSA) is 77.8 Å². The van der Waals surface area contributed by atoms with Crippen LogP contribution in [0.1, 0.15) is 31.1 Å². The predicted molar refractivity (Wildman–Crippen MR) is 118 cm³/mol. The summed E-state index contributed by atoms with van der Waals surface area (Å²) in [7, 11) is 0. The highest BCUT2D eigenvalue weighted by Gasteiger charge is 2.25. The number of likely N-dealkylation sites (N-methyl/N-ethyl adjacent to an activating group) is 1. The van der Waals surface area contributed by atoms with Crippen LogP contribution in [0.5, 0.6) is 11.5 Å². The van der Waals surface area contributed by atoms with E-state index in [1.807, 2.05) is 26.8 Å². The number of hydrogen-bond donors (Lipinski definition) is 0. The van der Waals surface area contributed by atoms with E-state index < -0.39 is 0 Å². The van der Waals surface area contributed by atoms with Gasteiger partial charge in [0.1, 0.15) is 11.5 Å². The van der Waals surface area contributed by atoms with Crippen LogP contribution in [0.3, 0.4) is 0 Å². The molecule has 0 saturated heterocycles. The van der Waals surface area contributed by atoms with Gasteiger partial charge in [-0.05, 0) is 68.6 Å². The van der Waals surface area contributed by atoms with Crippen molar-refractivity contribution < 1.29 is 19.1 Å². The van der Waals surface area contributed by atoms with Crippen molar-refractivity contribution >= 4 is 28.2 Å². The predicted octanol–water partition coefficient (Wildman–Crippen LogP) is 3.42. The molecule has 1 aliphatic rings. The number of anilines is 1. The van der Waals surface area contributed by atoms with Gasteiger partial charge in [-0.25, -0.2) is 0 Å². The number of carbonyl (C=O) groups is 2. The van der Waals surface area contributed by atoms with Gasteiger partial charge in [0, 0.05) is 23.7 Å². The summed E-state index contributed by atoms with van der Waals surface area (Å²) in [5.74, 6) is 0.895. The summed E-state index contributed by atoms with van der Waals surface area (Å²) >= 11 is 0. The lowest BCUT2D eigenvalue weighted by atomic mass is 10.1. The highest BCUT2D eigenvalue weighted by molar-refractivity contribution is 6.02. The summed E-state index contributed by atoms with van der Waals surface area (Å²) in [6.07, 6.45) is 1.65. The van der Waals surface area contributed by atoms with Gasteiger partial charge in [0.15, 0.2) is 12.4 Å². The van der Waals surface area contributed by atoms with Crippen molar-refractivity contribution in [2.45, 2.75) is 33.4 Å². The molecule has 3 aromatic rings. The van der Waals surface area contributed by atoms with Gasteiger partial charge in [0.05, 0.1) is 18.3 Å². The van der Waals surface area contributed by atoms with Crippen LogP contribution in [0.25, 0.3) is 10.8 Å². The Bertz CT molecular complexity index is 1230. The number of pyridine rings is 1. The lowest BCUT2D eigenvalue weighted by Crippen LogP contribution is -2.38. The van der Waals surface area contributed by atoms with Crippen LogP contribution in [0.15, 0.2) is 53.5 Å². The fraction of sp³-hybridized carbons (Fsp3) is 0.292. The van der Waals surface area contributed by atoms with Gasteiger partial charge >= 0.3 is 0 Å². The second-order valence-electron chi connectivity index (χ2n) is 7.70. The Hall–Kier alpha value is -3.61. The van der Waals surface area contributed by atoms with E-state index in [4.69, 9.17) is 9.47 Å². The second kappa shape index (κ2) is 8.26. The summed E-state index contributed by atoms with van der Waals surface area (Å²) in [4.78, 5) is 39.5. The molecule has 7 heteroatoms.